The Morgan fingerprint density at radius 1 is 1.50 bits per heavy atom. The monoisotopic (exact) mass is 173 g/mol. The maximum atomic E-state index is 10.3. The highest BCUT2D eigenvalue weighted by Gasteiger charge is 2.22. The van der Waals surface area contributed by atoms with E-state index in [9.17, 15) is 4.79 Å². The van der Waals surface area contributed by atoms with Gasteiger partial charge < -0.3 is 15.5 Å². The highest BCUT2D eigenvalue weighted by Crippen LogP contribution is 2.23. The van der Waals surface area contributed by atoms with Gasteiger partial charge in [0.25, 0.3) is 0 Å². The Balaban J connectivity index is 2.30. The van der Waals surface area contributed by atoms with Gasteiger partial charge in [-0.1, -0.05) is 6.42 Å². The Morgan fingerprint density at radius 3 is 2.83 bits per heavy atom. The van der Waals surface area contributed by atoms with E-state index in [0.717, 1.165) is 25.7 Å². The first kappa shape index (κ1) is 9.32. The van der Waals surface area contributed by atoms with Crippen LogP contribution in [-0.2, 0) is 0 Å². The highest BCUT2D eigenvalue weighted by molar-refractivity contribution is 5.64. The predicted molar refractivity (Wildman–Crippen MR) is 44.0 cm³/mol. The van der Waals surface area contributed by atoms with Crippen molar-refractivity contribution in [1.82, 2.24) is 5.32 Å². The second-order valence-corrected chi connectivity index (χ2v) is 3.36. The lowest BCUT2D eigenvalue weighted by Gasteiger charge is -2.27. The van der Waals surface area contributed by atoms with Crippen LogP contribution in [0.15, 0.2) is 0 Å². The first-order valence-electron chi connectivity index (χ1n) is 4.32. The van der Waals surface area contributed by atoms with Gasteiger partial charge in [0.05, 0.1) is 0 Å². The summed E-state index contributed by atoms with van der Waals surface area (Å²) in [5.74, 6) is 0.288. The van der Waals surface area contributed by atoms with E-state index >= 15 is 0 Å². The van der Waals surface area contributed by atoms with Crippen LogP contribution in [0.2, 0.25) is 0 Å². The second kappa shape index (κ2) is 4.30. The van der Waals surface area contributed by atoms with Crippen LogP contribution >= 0.6 is 0 Å². The van der Waals surface area contributed by atoms with Crippen LogP contribution in [0.4, 0.5) is 4.79 Å². The standard InChI is InChI=1S/C8H15NO3/c10-5-6-2-1-3-7(4-6)9-8(11)12/h6-7,9-10H,1-5H2,(H,11,12). The second-order valence-electron chi connectivity index (χ2n) is 3.36. The van der Waals surface area contributed by atoms with Gasteiger partial charge in [-0.05, 0) is 25.2 Å². The summed E-state index contributed by atoms with van der Waals surface area (Å²) in [6.45, 7) is 0.178. The average molecular weight is 173 g/mol. The number of hydrogen-bond donors (Lipinski definition) is 3. The molecule has 1 saturated carbocycles. The van der Waals surface area contributed by atoms with Crippen molar-refractivity contribution >= 4 is 6.09 Å². The number of aliphatic hydroxyl groups is 1. The molecule has 0 aromatic carbocycles. The molecule has 1 rings (SSSR count). The van der Waals surface area contributed by atoms with Gasteiger partial charge in [0.2, 0.25) is 0 Å². The van der Waals surface area contributed by atoms with E-state index in [1.165, 1.54) is 0 Å². The van der Waals surface area contributed by atoms with E-state index in [4.69, 9.17) is 10.2 Å². The van der Waals surface area contributed by atoms with Crippen LogP contribution in [0.1, 0.15) is 25.7 Å². The van der Waals surface area contributed by atoms with E-state index in [2.05, 4.69) is 5.32 Å². The van der Waals surface area contributed by atoms with Crippen molar-refractivity contribution in [2.45, 2.75) is 31.7 Å². The zero-order chi connectivity index (χ0) is 8.97. The molecule has 1 fully saturated rings. The summed E-state index contributed by atoms with van der Waals surface area (Å²) in [4.78, 5) is 10.3. The lowest BCUT2D eigenvalue weighted by Crippen LogP contribution is -2.38. The Hall–Kier alpha value is -0.770. The molecule has 0 aromatic rings. The summed E-state index contributed by atoms with van der Waals surface area (Å²) in [6.07, 6.45) is 2.76. The molecular formula is C8H15NO3. The molecule has 70 valence electrons. The molecule has 0 saturated heterocycles. The molecule has 2 unspecified atom stereocenters. The summed E-state index contributed by atoms with van der Waals surface area (Å²) in [5.41, 5.74) is 0. The molecule has 0 spiro atoms. The number of carboxylic acid groups (broad SMARTS) is 1. The third-order valence-electron chi connectivity index (χ3n) is 2.37. The normalized spacial score (nSPS) is 29.8. The average Bonchev–Trinajstić information content (AvgIpc) is 2.03. The van der Waals surface area contributed by atoms with Gasteiger partial charge >= 0.3 is 6.09 Å². The van der Waals surface area contributed by atoms with Crippen molar-refractivity contribution in [2.24, 2.45) is 5.92 Å². The Morgan fingerprint density at radius 2 is 2.25 bits per heavy atom. The molecule has 0 heterocycles. The maximum Gasteiger partial charge on any atom is 0.404 e. The lowest BCUT2D eigenvalue weighted by atomic mass is 9.86. The number of carbonyl (C=O) groups is 1. The fourth-order valence-electron chi connectivity index (χ4n) is 1.76. The smallest absolute Gasteiger partial charge is 0.404 e. The third-order valence-corrected chi connectivity index (χ3v) is 2.37. The first-order valence-corrected chi connectivity index (χ1v) is 4.32. The van der Waals surface area contributed by atoms with E-state index in [1.807, 2.05) is 0 Å². The highest BCUT2D eigenvalue weighted by atomic mass is 16.4. The van der Waals surface area contributed by atoms with Crippen LogP contribution in [0.5, 0.6) is 0 Å². The number of nitrogens with one attached hydrogen (secondary N) is 1. The van der Waals surface area contributed by atoms with Gasteiger partial charge in [-0.15, -0.1) is 0 Å². The lowest BCUT2D eigenvalue weighted by molar-refractivity contribution is 0.157. The Kier molecular flexibility index (Phi) is 3.34. The fourth-order valence-corrected chi connectivity index (χ4v) is 1.76. The summed E-state index contributed by atoms with van der Waals surface area (Å²) >= 11 is 0. The van der Waals surface area contributed by atoms with Crippen molar-refractivity contribution in [3.8, 4) is 0 Å². The zero-order valence-electron chi connectivity index (χ0n) is 6.99. The van der Waals surface area contributed by atoms with Crippen molar-refractivity contribution in [3.05, 3.63) is 0 Å². The Labute approximate surface area is 71.6 Å². The van der Waals surface area contributed by atoms with Crippen molar-refractivity contribution in [3.63, 3.8) is 0 Å². The molecule has 0 aliphatic heterocycles. The van der Waals surface area contributed by atoms with Crippen LogP contribution in [-0.4, -0.2) is 29.0 Å². The van der Waals surface area contributed by atoms with Gasteiger partial charge in [0.15, 0.2) is 0 Å². The van der Waals surface area contributed by atoms with Gasteiger partial charge in [-0.3, -0.25) is 0 Å². The number of amides is 1. The molecule has 2 atom stereocenters. The summed E-state index contributed by atoms with van der Waals surface area (Å²) in [6, 6.07) is 0.0494. The third kappa shape index (κ3) is 2.70. The molecule has 1 aliphatic carbocycles. The SMILES string of the molecule is O=C(O)NC1CCCC(CO)C1. The molecule has 1 amide bonds. The molecule has 0 aromatic heterocycles. The Bertz CT molecular complexity index is 160. The summed E-state index contributed by atoms with van der Waals surface area (Å²) < 4.78 is 0. The number of aliphatic hydroxyl groups excluding tert-OH is 1. The van der Waals surface area contributed by atoms with E-state index in [1.54, 1.807) is 0 Å². The largest absolute Gasteiger partial charge is 0.465 e. The number of rotatable bonds is 2. The quantitative estimate of drug-likeness (QED) is 0.578. The van der Waals surface area contributed by atoms with Crippen molar-refractivity contribution in [1.29, 1.82) is 0 Å². The molecule has 0 bridgehead atoms. The van der Waals surface area contributed by atoms with Gasteiger partial charge in [0.1, 0.15) is 0 Å². The molecule has 3 N–H and O–H groups in total. The topological polar surface area (TPSA) is 69.6 Å². The van der Waals surface area contributed by atoms with Crippen LogP contribution in [0.3, 0.4) is 0 Å². The van der Waals surface area contributed by atoms with Crippen LogP contribution < -0.4 is 5.32 Å². The minimum absolute atomic E-state index is 0.0494. The summed E-state index contributed by atoms with van der Waals surface area (Å²) in [7, 11) is 0. The summed E-state index contributed by atoms with van der Waals surface area (Å²) in [5, 5.41) is 19.8. The van der Waals surface area contributed by atoms with Gasteiger partial charge in [-0.25, -0.2) is 4.79 Å². The minimum Gasteiger partial charge on any atom is -0.465 e. The molecule has 1 aliphatic rings. The molecule has 4 nitrogen and oxygen atoms in total. The maximum absolute atomic E-state index is 10.3. The van der Waals surface area contributed by atoms with Gasteiger partial charge in [0, 0.05) is 12.6 Å². The zero-order valence-corrected chi connectivity index (χ0v) is 6.99. The molecule has 12 heavy (non-hydrogen) atoms. The number of hydrogen-bond acceptors (Lipinski definition) is 2. The van der Waals surface area contributed by atoms with E-state index < -0.39 is 6.09 Å². The van der Waals surface area contributed by atoms with Crippen molar-refractivity contribution in [2.75, 3.05) is 6.61 Å². The molecule has 4 heteroatoms. The minimum atomic E-state index is -0.960. The first-order chi connectivity index (χ1) is 5.72. The molecular weight excluding hydrogens is 158 g/mol. The fraction of sp³-hybridized carbons (Fsp3) is 0.875. The van der Waals surface area contributed by atoms with Crippen LogP contribution in [0.25, 0.3) is 0 Å². The van der Waals surface area contributed by atoms with Crippen molar-refractivity contribution < 1.29 is 15.0 Å². The van der Waals surface area contributed by atoms with E-state index in [0.29, 0.717) is 0 Å². The predicted octanol–water partition coefficient (Wildman–Crippen LogP) is 0.805. The van der Waals surface area contributed by atoms with Crippen LogP contribution in [0, 0.1) is 5.92 Å². The van der Waals surface area contributed by atoms with E-state index in [-0.39, 0.29) is 18.6 Å². The molecule has 0 radical (unpaired) electrons. The van der Waals surface area contributed by atoms with Gasteiger partial charge in [-0.2, -0.15) is 0 Å².